The highest BCUT2D eigenvalue weighted by Crippen LogP contribution is 2.52. The highest BCUT2D eigenvalue weighted by Gasteiger charge is 2.51. The molecule has 0 amide bonds. The first-order chi connectivity index (χ1) is 23.3. The molecule has 0 bridgehead atoms. The third-order valence-corrected chi connectivity index (χ3v) is 12.4. The van der Waals surface area contributed by atoms with E-state index < -0.39 is 18.3 Å². The molecule has 1 fully saturated rings. The maximum Gasteiger partial charge on any atom is 0.494 e. The van der Waals surface area contributed by atoms with Crippen LogP contribution in [0.5, 0.6) is 0 Å². The Labute approximate surface area is 290 Å². The summed E-state index contributed by atoms with van der Waals surface area (Å²) in [6, 6.07) is 48.4. The predicted molar refractivity (Wildman–Crippen MR) is 205 cm³/mol. The second-order valence-corrected chi connectivity index (χ2v) is 15.8. The van der Waals surface area contributed by atoms with Crippen LogP contribution in [0.4, 0.5) is 17.1 Å². The van der Waals surface area contributed by atoms with Gasteiger partial charge in [0.15, 0.2) is 0 Å². The van der Waals surface area contributed by atoms with E-state index in [4.69, 9.17) is 9.31 Å². The van der Waals surface area contributed by atoms with Crippen molar-refractivity contribution in [2.45, 2.75) is 48.7 Å². The van der Waals surface area contributed by atoms with Gasteiger partial charge in [-0.2, -0.15) is 0 Å². The Morgan fingerprint density at radius 1 is 0.562 bits per heavy atom. The van der Waals surface area contributed by atoms with Crippen LogP contribution >= 0.6 is 23.1 Å². The van der Waals surface area contributed by atoms with Crippen molar-refractivity contribution in [3.05, 3.63) is 133 Å². The Morgan fingerprint density at radius 2 is 1.25 bits per heavy atom. The van der Waals surface area contributed by atoms with E-state index in [1.54, 1.807) is 0 Å². The molecule has 1 saturated heterocycles. The normalized spacial score (nSPS) is 16.3. The van der Waals surface area contributed by atoms with Crippen LogP contribution in [0.15, 0.2) is 143 Å². The van der Waals surface area contributed by atoms with Crippen LogP contribution in [-0.2, 0) is 9.31 Å². The van der Waals surface area contributed by atoms with Crippen LogP contribution in [0.2, 0.25) is 0 Å². The van der Waals surface area contributed by atoms with Gasteiger partial charge in [0, 0.05) is 35.7 Å². The summed E-state index contributed by atoms with van der Waals surface area (Å²) in [5.74, 6) is 0. The first kappa shape index (κ1) is 29.8. The summed E-state index contributed by atoms with van der Waals surface area (Å²) in [7, 11) is -0.470. The number of hydrogen-bond acceptors (Lipinski definition) is 5. The van der Waals surface area contributed by atoms with Crippen LogP contribution in [-0.4, -0.2) is 18.3 Å². The number of fused-ring (bicyclic) bond motifs is 5. The van der Waals surface area contributed by atoms with E-state index in [1.807, 2.05) is 23.1 Å². The molecule has 1 aromatic heterocycles. The van der Waals surface area contributed by atoms with E-state index >= 15 is 0 Å². The molecule has 3 heterocycles. The average molecular weight is 660 g/mol. The fourth-order valence-corrected chi connectivity index (χ4v) is 9.19. The lowest BCUT2D eigenvalue weighted by Crippen LogP contribution is -2.41. The minimum absolute atomic E-state index is 0.434. The van der Waals surface area contributed by atoms with Gasteiger partial charge in [-0.3, -0.25) is 0 Å². The topological polar surface area (TPSA) is 21.7 Å². The lowest BCUT2D eigenvalue weighted by molar-refractivity contribution is 0.00578. The molecule has 0 aliphatic carbocycles. The molecule has 0 radical (unpaired) electrons. The van der Waals surface area contributed by atoms with E-state index in [9.17, 15) is 0 Å². The van der Waals surface area contributed by atoms with Gasteiger partial charge in [0.1, 0.15) is 0 Å². The van der Waals surface area contributed by atoms with Gasteiger partial charge in [-0.25, -0.2) is 0 Å². The Hall–Kier alpha value is -4.33. The van der Waals surface area contributed by atoms with Crippen LogP contribution in [0.25, 0.3) is 42.4 Å². The minimum Gasteiger partial charge on any atom is -0.399 e. The van der Waals surface area contributed by atoms with Crippen LogP contribution in [0, 0.1) is 0 Å². The fourth-order valence-electron chi connectivity index (χ4n) is 6.86. The second-order valence-electron chi connectivity index (χ2n) is 13.6. The number of thiophene rings is 1. The summed E-state index contributed by atoms with van der Waals surface area (Å²) in [5, 5.41) is 2.59. The molecule has 234 valence electrons. The molecule has 0 spiro atoms. The Morgan fingerprint density at radius 3 is 2.08 bits per heavy atom. The van der Waals surface area contributed by atoms with Gasteiger partial charge in [-0.15, -0.1) is 11.3 Å². The molecule has 6 aromatic carbocycles. The van der Waals surface area contributed by atoms with E-state index in [1.165, 1.54) is 46.9 Å². The van der Waals surface area contributed by atoms with Crippen molar-refractivity contribution in [1.82, 2.24) is 0 Å². The van der Waals surface area contributed by atoms with Crippen LogP contribution < -0.4 is 10.4 Å². The summed E-state index contributed by atoms with van der Waals surface area (Å²) in [6.45, 7) is 8.47. The molecule has 0 atom stereocenters. The summed E-state index contributed by atoms with van der Waals surface area (Å²) in [6.07, 6.45) is 0. The number of hydrogen-bond donors (Lipinski definition) is 0. The number of nitrogens with zero attached hydrogens (tertiary/aromatic N) is 1. The molecule has 7 aromatic rings. The second kappa shape index (κ2) is 11.1. The van der Waals surface area contributed by atoms with E-state index in [-0.39, 0.29) is 0 Å². The van der Waals surface area contributed by atoms with Crippen LogP contribution in [0.3, 0.4) is 0 Å². The monoisotopic (exact) mass is 659 g/mol. The highest BCUT2D eigenvalue weighted by atomic mass is 32.2. The average Bonchev–Trinajstić information content (AvgIpc) is 3.59. The molecule has 9 rings (SSSR count). The SMILES string of the molecule is CC1(C)OB(c2cc(-c3ccc4c(c3)Sc3ccccc3N4c3ccccc3)cc(-c3cccc4c3sc3ccccc34)c2)OC1(C)C. The van der Waals surface area contributed by atoms with Gasteiger partial charge in [-0.05, 0) is 104 Å². The zero-order chi connectivity index (χ0) is 32.6. The smallest absolute Gasteiger partial charge is 0.399 e. The zero-order valence-electron chi connectivity index (χ0n) is 27.4. The molecule has 48 heavy (non-hydrogen) atoms. The molecule has 0 unspecified atom stereocenters. The lowest BCUT2D eigenvalue weighted by atomic mass is 9.76. The van der Waals surface area contributed by atoms with E-state index in [0.29, 0.717) is 0 Å². The van der Waals surface area contributed by atoms with E-state index in [2.05, 4.69) is 166 Å². The lowest BCUT2D eigenvalue weighted by Gasteiger charge is -2.33. The molecule has 2 aliphatic rings. The van der Waals surface area contributed by atoms with Crippen molar-refractivity contribution < 1.29 is 9.31 Å². The molecule has 0 saturated carbocycles. The number of benzene rings is 6. The van der Waals surface area contributed by atoms with Gasteiger partial charge >= 0.3 is 7.12 Å². The first-order valence-corrected chi connectivity index (χ1v) is 18.1. The highest BCUT2D eigenvalue weighted by molar-refractivity contribution is 7.99. The molecule has 3 nitrogen and oxygen atoms in total. The maximum atomic E-state index is 6.63. The summed E-state index contributed by atoms with van der Waals surface area (Å²) >= 11 is 3.70. The fraction of sp³-hybridized carbons (Fsp3) is 0.143. The van der Waals surface area contributed by atoms with Gasteiger partial charge in [0.25, 0.3) is 0 Å². The van der Waals surface area contributed by atoms with Gasteiger partial charge in [-0.1, -0.05) is 96.7 Å². The third-order valence-electron chi connectivity index (χ3n) is 10.1. The summed E-state index contributed by atoms with van der Waals surface area (Å²) in [5.41, 5.74) is 8.40. The molecule has 0 N–H and O–H groups in total. The Bertz CT molecular complexity index is 2350. The molecular weight excluding hydrogens is 625 g/mol. The standard InChI is InChI=1S/C42H34BNO2S2/c1-41(2)42(3,4)46-43(45-41)30-24-28(23-29(25-30)32-16-12-17-34-33-15-8-10-19-37(33)48-40(32)34)27-21-22-36-39(26-27)47-38-20-11-9-18-35(38)44(36)31-13-6-5-7-14-31/h5-26H,1-4H3. The van der Waals surface area contributed by atoms with Crippen molar-refractivity contribution in [2.75, 3.05) is 4.90 Å². The first-order valence-electron chi connectivity index (χ1n) is 16.4. The van der Waals surface area contributed by atoms with Crippen molar-refractivity contribution in [3.63, 3.8) is 0 Å². The van der Waals surface area contributed by atoms with Gasteiger partial charge in [0.05, 0.1) is 22.6 Å². The Kier molecular flexibility index (Phi) is 6.89. The minimum atomic E-state index is -0.470. The van der Waals surface area contributed by atoms with Crippen molar-refractivity contribution in [3.8, 4) is 22.3 Å². The zero-order valence-corrected chi connectivity index (χ0v) is 29.0. The van der Waals surface area contributed by atoms with Gasteiger partial charge < -0.3 is 14.2 Å². The number of rotatable bonds is 4. The van der Waals surface area contributed by atoms with Crippen LogP contribution in [0.1, 0.15) is 27.7 Å². The quantitative estimate of drug-likeness (QED) is 0.175. The number of anilines is 3. The van der Waals surface area contributed by atoms with Crippen molar-refractivity contribution in [1.29, 1.82) is 0 Å². The number of para-hydroxylation sites is 2. The van der Waals surface area contributed by atoms with Crippen molar-refractivity contribution >= 4 is 72.9 Å². The van der Waals surface area contributed by atoms with Crippen molar-refractivity contribution in [2.24, 2.45) is 0 Å². The molecule has 2 aliphatic heterocycles. The predicted octanol–water partition coefficient (Wildman–Crippen LogP) is 11.6. The largest absolute Gasteiger partial charge is 0.494 e. The summed E-state index contributed by atoms with van der Waals surface area (Å²) < 4.78 is 15.9. The van der Waals surface area contributed by atoms with Gasteiger partial charge in [0.2, 0.25) is 0 Å². The summed E-state index contributed by atoms with van der Waals surface area (Å²) in [4.78, 5) is 4.85. The molecule has 6 heteroatoms. The maximum absolute atomic E-state index is 6.63. The Balaban J connectivity index is 1.22. The van der Waals surface area contributed by atoms with E-state index in [0.717, 1.165) is 27.8 Å². The molecular formula is C42H34BNO2S2. The third kappa shape index (κ3) is 4.81.